The Hall–Kier alpha value is -1.11. The van der Waals surface area contributed by atoms with Crippen LogP contribution in [0.1, 0.15) is 30.6 Å². The van der Waals surface area contributed by atoms with Gasteiger partial charge >= 0.3 is 0 Å². The van der Waals surface area contributed by atoms with Crippen LogP contribution < -0.4 is 5.32 Å². The molecule has 0 radical (unpaired) electrons. The molecule has 0 spiro atoms. The third-order valence-corrected chi connectivity index (χ3v) is 3.95. The highest BCUT2D eigenvalue weighted by Crippen LogP contribution is 2.29. The summed E-state index contributed by atoms with van der Waals surface area (Å²) in [7, 11) is 4.14. The van der Waals surface area contributed by atoms with E-state index in [2.05, 4.69) is 56.9 Å². The van der Waals surface area contributed by atoms with Crippen molar-refractivity contribution in [3.05, 3.63) is 40.5 Å². The molecule has 1 unspecified atom stereocenters. The van der Waals surface area contributed by atoms with E-state index < -0.39 is 0 Å². The summed E-state index contributed by atoms with van der Waals surface area (Å²) in [5, 5.41) is 8.08. The minimum Gasteiger partial charge on any atom is -0.472 e. The molecule has 0 amide bonds. The highest BCUT2D eigenvalue weighted by molar-refractivity contribution is 9.10. The lowest BCUT2D eigenvalue weighted by Crippen LogP contribution is -2.27. The number of likely N-dealkylation sites (N-methyl/N-ethyl adjacent to an activating group) is 1. The summed E-state index contributed by atoms with van der Waals surface area (Å²) in [6.07, 6.45) is 6.46. The molecule has 2 aromatic heterocycles. The zero-order chi connectivity index (χ0) is 15.2. The van der Waals surface area contributed by atoms with Gasteiger partial charge in [-0.1, -0.05) is 6.92 Å². The highest BCUT2D eigenvalue weighted by Gasteiger charge is 2.22. The molecule has 0 saturated carbocycles. The van der Waals surface area contributed by atoms with Crippen molar-refractivity contribution in [1.29, 1.82) is 0 Å². The second kappa shape index (κ2) is 7.77. The van der Waals surface area contributed by atoms with Gasteiger partial charge in [0.15, 0.2) is 0 Å². The highest BCUT2D eigenvalue weighted by atomic mass is 79.9. The van der Waals surface area contributed by atoms with E-state index in [1.165, 1.54) is 0 Å². The zero-order valence-corrected chi connectivity index (χ0v) is 14.4. The van der Waals surface area contributed by atoms with Crippen molar-refractivity contribution in [3.63, 3.8) is 0 Å². The van der Waals surface area contributed by atoms with Crippen LogP contribution in [0.4, 0.5) is 0 Å². The van der Waals surface area contributed by atoms with Gasteiger partial charge in [0.25, 0.3) is 0 Å². The Balaban J connectivity index is 2.28. The van der Waals surface area contributed by atoms with Crippen molar-refractivity contribution >= 4 is 15.9 Å². The van der Waals surface area contributed by atoms with E-state index >= 15 is 0 Å². The van der Waals surface area contributed by atoms with Crippen LogP contribution in [0, 0.1) is 0 Å². The Morgan fingerprint density at radius 3 is 2.90 bits per heavy atom. The van der Waals surface area contributed by atoms with Gasteiger partial charge in [0, 0.05) is 12.1 Å². The number of rotatable bonds is 8. The molecule has 0 aromatic carbocycles. The van der Waals surface area contributed by atoms with Gasteiger partial charge in [0.2, 0.25) is 0 Å². The van der Waals surface area contributed by atoms with E-state index in [1.54, 1.807) is 12.5 Å². The van der Waals surface area contributed by atoms with Crippen molar-refractivity contribution in [2.24, 2.45) is 0 Å². The minimum absolute atomic E-state index is 0.0859. The van der Waals surface area contributed by atoms with Gasteiger partial charge in [-0.2, -0.15) is 5.10 Å². The van der Waals surface area contributed by atoms with Crippen LogP contribution in [0.3, 0.4) is 0 Å². The maximum absolute atomic E-state index is 5.26. The molecule has 0 aliphatic heterocycles. The normalized spacial score (nSPS) is 13.0. The molecule has 5 nitrogen and oxygen atoms in total. The van der Waals surface area contributed by atoms with E-state index in [9.17, 15) is 0 Å². The minimum atomic E-state index is 0.0859. The third-order valence-electron chi connectivity index (χ3n) is 3.34. The standard InChI is InChI=1S/C15H23BrN4O/c1-4-6-17-14(12-5-9-21-11-12)15-13(16)10-18-20(15)8-7-19(2)3/h5,9-11,14,17H,4,6-8H2,1-3H3. The van der Waals surface area contributed by atoms with Gasteiger partial charge in [-0.05, 0) is 49.1 Å². The van der Waals surface area contributed by atoms with Gasteiger partial charge in [0.05, 0.1) is 41.5 Å². The Morgan fingerprint density at radius 1 is 1.48 bits per heavy atom. The van der Waals surface area contributed by atoms with Crippen LogP contribution in [0.25, 0.3) is 0 Å². The molecule has 0 bridgehead atoms. The molecule has 2 aromatic rings. The molecule has 0 saturated heterocycles. The first-order chi connectivity index (χ1) is 10.1. The Labute approximate surface area is 134 Å². The van der Waals surface area contributed by atoms with Crippen LogP contribution in [-0.2, 0) is 6.54 Å². The van der Waals surface area contributed by atoms with Gasteiger partial charge < -0.3 is 14.6 Å². The number of nitrogens with one attached hydrogen (secondary N) is 1. The topological polar surface area (TPSA) is 46.2 Å². The van der Waals surface area contributed by atoms with E-state index in [1.807, 2.05) is 12.3 Å². The molecule has 0 aliphatic rings. The number of halogens is 1. The van der Waals surface area contributed by atoms with Crippen LogP contribution in [-0.4, -0.2) is 41.9 Å². The third kappa shape index (κ3) is 4.18. The van der Waals surface area contributed by atoms with E-state index in [0.29, 0.717) is 0 Å². The van der Waals surface area contributed by atoms with E-state index in [-0.39, 0.29) is 6.04 Å². The predicted octanol–water partition coefficient (Wildman–Crippen LogP) is 2.89. The fourth-order valence-electron chi connectivity index (χ4n) is 2.23. The summed E-state index contributed by atoms with van der Waals surface area (Å²) < 4.78 is 8.34. The molecule has 1 N–H and O–H groups in total. The van der Waals surface area contributed by atoms with Crippen LogP contribution in [0.15, 0.2) is 33.7 Å². The molecule has 21 heavy (non-hydrogen) atoms. The van der Waals surface area contributed by atoms with Crippen molar-refractivity contribution in [3.8, 4) is 0 Å². The second-order valence-electron chi connectivity index (χ2n) is 5.35. The van der Waals surface area contributed by atoms with Crippen LogP contribution in [0.5, 0.6) is 0 Å². The van der Waals surface area contributed by atoms with Gasteiger partial charge in [-0.3, -0.25) is 4.68 Å². The number of nitrogens with zero attached hydrogens (tertiary/aromatic N) is 3. The molecule has 0 aliphatic carbocycles. The smallest absolute Gasteiger partial charge is 0.0954 e. The summed E-state index contributed by atoms with van der Waals surface area (Å²) in [6, 6.07) is 2.09. The Bertz CT molecular complexity index is 536. The molecule has 6 heteroatoms. The lowest BCUT2D eigenvalue weighted by atomic mass is 10.1. The van der Waals surface area contributed by atoms with Gasteiger partial charge in [-0.25, -0.2) is 0 Å². The molecule has 2 rings (SSSR count). The SMILES string of the molecule is CCCNC(c1ccoc1)c1c(Br)cnn1CCN(C)C. The fourth-order valence-corrected chi connectivity index (χ4v) is 2.76. The summed E-state index contributed by atoms with van der Waals surface area (Å²) in [4.78, 5) is 2.16. The molecular formula is C15H23BrN4O. The monoisotopic (exact) mass is 354 g/mol. The summed E-state index contributed by atoms with van der Waals surface area (Å²) in [5.74, 6) is 0. The number of furan rings is 1. The first-order valence-corrected chi connectivity index (χ1v) is 8.04. The molecule has 0 fully saturated rings. The number of aromatic nitrogens is 2. The predicted molar refractivity (Wildman–Crippen MR) is 87.3 cm³/mol. The van der Waals surface area contributed by atoms with Crippen molar-refractivity contribution < 1.29 is 4.42 Å². The maximum atomic E-state index is 5.26. The average Bonchev–Trinajstić information content (AvgIpc) is 3.09. The zero-order valence-electron chi connectivity index (χ0n) is 12.8. The van der Waals surface area contributed by atoms with Gasteiger partial charge in [-0.15, -0.1) is 0 Å². The molecule has 2 heterocycles. The first-order valence-electron chi connectivity index (χ1n) is 7.25. The number of hydrogen-bond donors (Lipinski definition) is 1. The van der Waals surface area contributed by atoms with Crippen molar-refractivity contribution in [2.45, 2.75) is 25.9 Å². The van der Waals surface area contributed by atoms with Crippen LogP contribution >= 0.6 is 15.9 Å². The summed E-state index contributed by atoms with van der Waals surface area (Å²) in [6.45, 7) is 4.92. The van der Waals surface area contributed by atoms with Crippen LogP contribution in [0.2, 0.25) is 0 Å². The average molecular weight is 355 g/mol. The second-order valence-corrected chi connectivity index (χ2v) is 6.20. The fraction of sp³-hybridized carbons (Fsp3) is 0.533. The molecule has 1 atom stereocenters. The van der Waals surface area contributed by atoms with E-state index in [0.717, 1.165) is 41.8 Å². The quantitative estimate of drug-likeness (QED) is 0.791. The largest absolute Gasteiger partial charge is 0.472 e. The van der Waals surface area contributed by atoms with E-state index in [4.69, 9.17) is 4.42 Å². The lowest BCUT2D eigenvalue weighted by Gasteiger charge is -2.20. The Morgan fingerprint density at radius 2 is 2.29 bits per heavy atom. The van der Waals surface area contributed by atoms with Crippen molar-refractivity contribution in [1.82, 2.24) is 20.0 Å². The Kier molecular flexibility index (Phi) is 6.02. The van der Waals surface area contributed by atoms with Gasteiger partial charge in [0.1, 0.15) is 0 Å². The summed E-state index contributed by atoms with van der Waals surface area (Å²) >= 11 is 3.63. The number of hydrogen-bond acceptors (Lipinski definition) is 4. The summed E-state index contributed by atoms with van der Waals surface area (Å²) in [5.41, 5.74) is 2.27. The molecular weight excluding hydrogens is 332 g/mol. The first kappa shape index (κ1) is 16.3. The maximum Gasteiger partial charge on any atom is 0.0954 e. The molecule has 116 valence electrons. The van der Waals surface area contributed by atoms with Crippen molar-refractivity contribution in [2.75, 3.05) is 27.2 Å². The lowest BCUT2D eigenvalue weighted by molar-refractivity contribution is 0.365.